The van der Waals surface area contributed by atoms with Crippen molar-refractivity contribution in [2.24, 2.45) is 5.41 Å². The van der Waals surface area contributed by atoms with Crippen LogP contribution in [-0.2, 0) is 0 Å². The average molecular weight is 327 g/mol. The topological polar surface area (TPSA) is 61.4 Å². The molecule has 0 bridgehead atoms. The van der Waals surface area contributed by atoms with Crippen LogP contribution in [0.4, 0.5) is 10.5 Å². The minimum Gasteiger partial charge on any atom is -0.349 e. The molecular weight excluding hydrogens is 302 g/mol. The third kappa shape index (κ3) is 3.25. The predicted octanol–water partition coefficient (Wildman–Crippen LogP) is 3.38. The third-order valence-corrected chi connectivity index (χ3v) is 5.54. The number of hydrogen-bond acceptors (Lipinski definition) is 2. The molecule has 5 nitrogen and oxygen atoms in total. The molecule has 3 fully saturated rings. The van der Waals surface area contributed by atoms with Gasteiger partial charge in [-0.15, -0.1) is 0 Å². The van der Waals surface area contributed by atoms with Crippen LogP contribution in [0, 0.1) is 5.41 Å². The first-order valence-corrected chi connectivity index (χ1v) is 9.11. The molecule has 2 N–H and O–H groups in total. The normalized spacial score (nSPS) is 21.9. The first kappa shape index (κ1) is 15.5. The zero-order valence-electron chi connectivity index (χ0n) is 14.0. The van der Waals surface area contributed by atoms with Gasteiger partial charge in [-0.1, -0.05) is 25.3 Å². The van der Waals surface area contributed by atoms with Gasteiger partial charge in [0.15, 0.2) is 0 Å². The second-order valence-corrected chi connectivity index (χ2v) is 7.68. The number of nitrogens with zero attached hydrogens (tertiary/aromatic N) is 1. The molecule has 0 unspecified atom stereocenters. The van der Waals surface area contributed by atoms with Crippen LogP contribution in [-0.4, -0.2) is 36.0 Å². The van der Waals surface area contributed by atoms with Crippen LogP contribution in [0.25, 0.3) is 0 Å². The van der Waals surface area contributed by atoms with Crippen LogP contribution in [0.5, 0.6) is 0 Å². The van der Waals surface area contributed by atoms with Crippen molar-refractivity contribution in [2.45, 2.75) is 51.0 Å². The molecule has 5 heteroatoms. The molecule has 0 atom stereocenters. The highest BCUT2D eigenvalue weighted by Gasteiger charge is 2.45. The molecule has 1 saturated heterocycles. The van der Waals surface area contributed by atoms with Gasteiger partial charge in [-0.25, -0.2) is 4.79 Å². The number of carbonyl (C=O) groups is 2. The molecule has 1 spiro atoms. The highest BCUT2D eigenvalue weighted by Crippen LogP contribution is 2.43. The van der Waals surface area contributed by atoms with Crippen LogP contribution >= 0.6 is 0 Å². The zero-order chi connectivity index (χ0) is 16.6. The van der Waals surface area contributed by atoms with Gasteiger partial charge in [0.05, 0.1) is 0 Å². The van der Waals surface area contributed by atoms with E-state index < -0.39 is 0 Å². The molecule has 0 radical (unpaired) electrons. The maximum absolute atomic E-state index is 12.4. The van der Waals surface area contributed by atoms with Crippen molar-refractivity contribution in [1.29, 1.82) is 0 Å². The zero-order valence-corrected chi connectivity index (χ0v) is 14.0. The Morgan fingerprint density at radius 2 is 1.83 bits per heavy atom. The van der Waals surface area contributed by atoms with E-state index in [0.29, 0.717) is 22.7 Å². The second-order valence-electron chi connectivity index (χ2n) is 7.68. The van der Waals surface area contributed by atoms with E-state index in [1.54, 1.807) is 12.1 Å². The molecule has 1 aromatic rings. The number of carbonyl (C=O) groups excluding carboxylic acids is 2. The fourth-order valence-electron chi connectivity index (χ4n) is 3.96. The highest BCUT2D eigenvalue weighted by molar-refractivity contribution is 5.97. The van der Waals surface area contributed by atoms with Gasteiger partial charge < -0.3 is 15.5 Å². The summed E-state index contributed by atoms with van der Waals surface area (Å²) in [6, 6.07) is 7.48. The van der Waals surface area contributed by atoms with E-state index in [-0.39, 0.29) is 11.9 Å². The molecule has 128 valence electrons. The summed E-state index contributed by atoms with van der Waals surface area (Å²) in [5.74, 6) is -0.0568. The Hall–Kier alpha value is -2.04. The van der Waals surface area contributed by atoms with Gasteiger partial charge in [0.1, 0.15) is 0 Å². The fourth-order valence-corrected chi connectivity index (χ4v) is 3.96. The van der Waals surface area contributed by atoms with Gasteiger partial charge in [0.2, 0.25) is 0 Å². The molecule has 0 aromatic heterocycles. The Morgan fingerprint density at radius 3 is 2.54 bits per heavy atom. The lowest BCUT2D eigenvalue weighted by Gasteiger charge is -2.52. The molecule has 1 aromatic carbocycles. The SMILES string of the molecule is O=C(NC1CC1)c1cccc(NC(=O)N2CC3(CCCCC3)C2)c1. The van der Waals surface area contributed by atoms with Crippen molar-refractivity contribution < 1.29 is 9.59 Å². The van der Waals surface area contributed by atoms with Crippen LogP contribution < -0.4 is 10.6 Å². The van der Waals surface area contributed by atoms with Crippen molar-refractivity contribution in [3.8, 4) is 0 Å². The van der Waals surface area contributed by atoms with E-state index in [9.17, 15) is 9.59 Å². The maximum Gasteiger partial charge on any atom is 0.321 e. The highest BCUT2D eigenvalue weighted by atomic mass is 16.2. The summed E-state index contributed by atoms with van der Waals surface area (Å²) in [7, 11) is 0. The molecule has 4 rings (SSSR count). The van der Waals surface area contributed by atoms with E-state index >= 15 is 0 Å². The smallest absolute Gasteiger partial charge is 0.321 e. The van der Waals surface area contributed by atoms with E-state index in [4.69, 9.17) is 0 Å². The average Bonchev–Trinajstić information content (AvgIpc) is 3.37. The molecule has 2 saturated carbocycles. The first-order valence-electron chi connectivity index (χ1n) is 9.11. The lowest BCUT2D eigenvalue weighted by atomic mass is 9.69. The number of urea groups is 1. The number of nitrogens with one attached hydrogen (secondary N) is 2. The Kier molecular flexibility index (Phi) is 3.94. The number of anilines is 1. The van der Waals surface area contributed by atoms with Crippen LogP contribution in [0.1, 0.15) is 55.3 Å². The first-order chi connectivity index (χ1) is 11.6. The van der Waals surface area contributed by atoms with Gasteiger partial charge in [0.25, 0.3) is 5.91 Å². The van der Waals surface area contributed by atoms with E-state index in [1.165, 1.54) is 32.1 Å². The van der Waals surface area contributed by atoms with E-state index in [0.717, 1.165) is 25.9 Å². The number of hydrogen-bond donors (Lipinski definition) is 2. The minimum atomic E-state index is -0.0568. The Labute approximate surface area is 142 Å². The molecule has 1 heterocycles. The molecule has 2 aliphatic carbocycles. The number of likely N-dealkylation sites (tertiary alicyclic amines) is 1. The molecule has 24 heavy (non-hydrogen) atoms. The van der Waals surface area contributed by atoms with Crippen molar-refractivity contribution in [3.05, 3.63) is 29.8 Å². The van der Waals surface area contributed by atoms with Gasteiger partial charge >= 0.3 is 6.03 Å². The number of rotatable bonds is 3. The van der Waals surface area contributed by atoms with Gasteiger partial charge in [-0.05, 0) is 43.9 Å². The summed E-state index contributed by atoms with van der Waals surface area (Å²) >= 11 is 0. The van der Waals surface area contributed by atoms with Crippen molar-refractivity contribution >= 4 is 17.6 Å². The van der Waals surface area contributed by atoms with E-state index in [2.05, 4.69) is 10.6 Å². The molecular formula is C19H25N3O2. The second kappa shape index (κ2) is 6.11. The Bertz CT molecular complexity index is 640. The van der Waals surface area contributed by atoms with Crippen molar-refractivity contribution in [3.63, 3.8) is 0 Å². The number of amides is 3. The van der Waals surface area contributed by atoms with Crippen molar-refractivity contribution in [2.75, 3.05) is 18.4 Å². The standard InChI is InChI=1S/C19H25N3O2/c23-17(20-15-7-8-15)14-5-4-6-16(11-14)21-18(24)22-12-19(13-22)9-2-1-3-10-19/h4-6,11,15H,1-3,7-10,12-13H2,(H,20,23)(H,21,24). The molecule has 1 aliphatic heterocycles. The van der Waals surface area contributed by atoms with Crippen LogP contribution in [0.3, 0.4) is 0 Å². The minimum absolute atomic E-state index is 0.0500. The molecule has 3 aliphatic rings. The maximum atomic E-state index is 12.4. The van der Waals surface area contributed by atoms with Gasteiger partial charge in [-0.3, -0.25) is 4.79 Å². The Balaban J connectivity index is 1.33. The van der Waals surface area contributed by atoms with Crippen LogP contribution in [0.15, 0.2) is 24.3 Å². The summed E-state index contributed by atoms with van der Waals surface area (Å²) in [6.45, 7) is 1.75. The molecule has 3 amide bonds. The summed E-state index contributed by atoms with van der Waals surface area (Å²) in [6.07, 6.45) is 8.59. The fraction of sp³-hybridized carbons (Fsp3) is 0.579. The third-order valence-electron chi connectivity index (χ3n) is 5.54. The summed E-state index contributed by atoms with van der Waals surface area (Å²) in [4.78, 5) is 26.4. The predicted molar refractivity (Wildman–Crippen MR) is 93.0 cm³/mol. The van der Waals surface area contributed by atoms with Gasteiger partial charge in [0, 0.05) is 35.8 Å². The summed E-state index contributed by atoms with van der Waals surface area (Å²) in [5.41, 5.74) is 1.68. The largest absolute Gasteiger partial charge is 0.349 e. The monoisotopic (exact) mass is 327 g/mol. The number of benzene rings is 1. The summed E-state index contributed by atoms with van der Waals surface area (Å²) < 4.78 is 0. The quantitative estimate of drug-likeness (QED) is 0.894. The Morgan fingerprint density at radius 1 is 1.08 bits per heavy atom. The lowest BCUT2D eigenvalue weighted by molar-refractivity contribution is 0.00515. The van der Waals surface area contributed by atoms with Crippen LogP contribution in [0.2, 0.25) is 0 Å². The lowest BCUT2D eigenvalue weighted by Crippen LogP contribution is -2.60. The van der Waals surface area contributed by atoms with Crippen molar-refractivity contribution in [1.82, 2.24) is 10.2 Å². The summed E-state index contributed by atoms with van der Waals surface area (Å²) in [5, 5.41) is 5.91. The van der Waals surface area contributed by atoms with E-state index in [1.807, 2.05) is 17.0 Å². The van der Waals surface area contributed by atoms with Gasteiger partial charge in [-0.2, -0.15) is 0 Å².